The smallest absolute Gasteiger partial charge is 0.0602 e. The Bertz CT molecular complexity index is 638. The Hall–Kier alpha value is -0.200. The van der Waals surface area contributed by atoms with Crippen molar-refractivity contribution in [3.05, 3.63) is 0 Å². The highest BCUT2D eigenvalue weighted by atomic mass is 16.3. The monoisotopic (exact) mass is 452 g/mol. The van der Waals surface area contributed by atoms with Gasteiger partial charge in [-0.05, 0) is 97.7 Å². The summed E-state index contributed by atoms with van der Waals surface area (Å²) >= 11 is 0. The summed E-state index contributed by atoms with van der Waals surface area (Å²) in [7, 11) is 0. The molecule has 0 saturated heterocycles. The van der Waals surface area contributed by atoms with Gasteiger partial charge < -0.3 is 25.5 Å². The van der Waals surface area contributed by atoms with Gasteiger partial charge in [0.15, 0.2) is 0 Å². The van der Waals surface area contributed by atoms with Gasteiger partial charge >= 0.3 is 0 Å². The van der Waals surface area contributed by atoms with Gasteiger partial charge in [-0.25, -0.2) is 0 Å². The second-order valence-electron chi connectivity index (χ2n) is 12.7. The van der Waals surface area contributed by atoms with E-state index < -0.39 is 0 Å². The van der Waals surface area contributed by atoms with Crippen LogP contribution < -0.4 is 0 Å². The fourth-order valence-electron chi connectivity index (χ4n) is 9.30. The lowest BCUT2D eigenvalue weighted by atomic mass is 9.43. The Labute approximate surface area is 194 Å². The van der Waals surface area contributed by atoms with Crippen LogP contribution in [0.3, 0.4) is 0 Å². The molecule has 4 fully saturated rings. The van der Waals surface area contributed by atoms with Crippen molar-refractivity contribution in [1.29, 1.82) is 0 Å². The van der Waals surface area contributed by atoms with Crippen LogP contribution in [0.25, 0.3) is 0 Å². The van der Waals surface area contributed by atoms with Crippen LogP contribution in [0, 0.1) is 52.3 Å². The highest BCUT2D eigenvalue weighted by Gasteiger charge is 2.65. The lowest BCUT2D eigenvalue weighted by Gasteiger charge is -2.63. The van der Waals surface area contributed by atoms with Crippen molar-refractivity contribution in [3.8, 4) is 0 Å². The minimum Gasteiger partial charge on any atom is -0.396 e. The molecule has 0 heterocycles. The number of hydrogen-bond acceptors (Lipinski definition) is 5. The van der Waals surface area contributed by atoms with Gasteiger partial charge in [-0.1, -0.05) is 33.6 Å². The van der Waals surface area contributed by atoms with Crippen molar-refractivity contribution in [1.82, 2.24) is 0 Å². The van der Waals surface area contributed by atoms with E-state index in [1.54, 1.807) is 0 Å². The molecule has 186 valence electrons. The summed E-state index contributed by atoms with van der Waals surface area (Å²) in [6.07, 6.45) is 8.51. The van der Waals surface area contributed by atoms with Crippen LogP contribution in [0.5, 0.6) is 0 Å². The molecule has 4 saturated carbocycles. The third-order valence-electron chi connectivity index (χ3n) is 11.3. The number of fused-ring (bicyclic) bond motifs is 5. The third kappa shape index (κ3) is 3.98. The minimum absolute atomic E-state index is 0.0183. The molecule has 0 spiro atoms. The third-order valence-corrected chi connectivity index (χ3v) is 11.3. The second-order valence-corrected chi connectivity index (χ2v) is 12.7. The van der Waals surface area contributed by atoms with Crippen LogP contribution in [-0.4, -0.2) is 57.1 Å². The predicted molar refractivity (Wildman–Crippen MR) is 125 cm³/mol. The highest BCUT2D eigenvalue weighted by Crippen LogP contribution is 2.68. The molecule has 0 aromatic rings. The maximum Gasteiger partial charge on any atom is 0.0602 e. The van der Waals surface area contributed by atoms with Crippen molar-refractivity contribution in [2.24, 2.45) is 52.3 Å². The van der Waals surface area contributed by atoms with Gasteiger partial charge in [0.2, 0.25) is 0 Å². The molecule has 0 radical (unpaired) electrons. The zero-order valence-corrected chi connectivity index (χ0v) is 20.5. The fourth-order valence-corrected chi connectivity index (χ4v) is 9.30. The summed E-state index contributed by atoms with van der Waals surface area (Å²) in [4.78, 5) is 0. The van der Waals surface area contributed by atoms with E-state index in [4.69, 9.17) is 0 Å². The molecule has 5 N–H and O–H groups in total. The van der Waals surface area contributed by atoms with E-state index in [0.717, 1.165) is 64.2 Å². The Morgan fingerprint density at radius 1 is 0.875 bits per heavy atom. The first kappa shape index (κ1) is 24.9. The molecule has 8 unspecified atom stereocenters. The zero-order valence-electron chi connectivity index (χ0n) is 20.5. The van der Waals surface area contributed by atoms with E-state index in [1.807, 2.05) is 0 Å². The molecule has 32 heavy (non-hydrogen) atoms. The molecule has 4 rings (SSSR count). The average Bonchev–Trinajstić information content (AvgIpc) is 3.12. The largest absolute Gasteiger partial charge is 0.396 e. The van der Waals surface area contributed by atoms with Crippen molar-refractivity contribution < 1.29 is 25.5 Å². The van der Waals surface area contributed by atoms with Crippen LogP contribution in [-0.2, 0) is 0 Å². The fraction of sp³-hybridized carbons (Fsp3) is 1.00. The van der Waals surface area contributed by atoms with E-state index >= 15 is 0 Å². The molecule has 0 aromatic heterocycles. The molecule has 4 aliphatic carbocycles. The van der Waals surface area contributed by atoms with Crippen molar-refractivity contribution in [2.45, 2.75) is 103 Å². The Morgan fingerprint density at radius 3 is 2.28 bits per heavy atom. The summed E-state index contributed by atoms with van der Waals surface area (Å²) < 4.78 is 0. The molecular weight excluding hydrogens is 404 g/mol. The van der Waals surface area contributed by atoms with Gasteiger partial charge in [0.25, 0.3) is 0 Å². The van der Waals surface area contributed by atoms with Gasteiger partial charge in [-0.2, -0.15) is 0 Å². The van der Waals surface area contributed by atoms with Gasteiger partial charge in [0.1, 0.15) is 0 Å². The van der Waals surface area contributed by atoms with Crippen molar-refractivity contribution in [3.63, 3.8) is 0 Å². The quantitative estimate of drug-likeness (QED) is 0.408. The topological polar surface area (TPSA) is 101 Å². The van der Waals surface area contributed by atoms with Gasteiger partial charge in [-0.15, -0.1) is 0 Å². The van der Waals surface area contributed by atoms with E-state index in [-0.39, 0.29) is 54.2 Å². The highest BCUT2D eigenvalue weighted by molar-refractivity contribution is 5.14. The number of aliphatic hydroxyl groups excluding tert-OH is 5. The Kier molecular flexibility index (Phi) is 7.36. The average molecular weight is 453 g/mol. The maximum absolute atomic E-state index is 11.6. The van der Waals surface area contributed by atoms with E-state index in [0.29, 0.717) is 29.6 Å². The summed E-state index contributed by atoms with van der Waals surface area (Å²) in [5.41, 5.74) is -0.0228. The molecule has 0 aliphatic heterocycles. The van der Waals surface area contributed by atoms with Crippen LogP contribution in [0.4, 0.5) is 0 Å². The first-order valence-corrected chi connectivity index (χ1v) is 13.4. The van der Waals surface area contributed by atoms with Crippen molar-refractivity contribution in [2.75, 3.05) is 13.2 Å². The molecule has 0 bridgehead atoms. The molecule has 0 aromatic carbocycles. The van der Waals surface area contributed by atoms with Crippen LogP contribution >= 0.6 is 0 Å². The molecule has 0 amide bonds. The van der Waals surface area contributed by atoms with E-state index in [9.17, 15) is 25.5 Å². The van der Waals surface area contributed by atoms with Gasteiger partial charge in [0.05, 0.1) is 18.3 Å². The molecule has 5 nitrogen and oxygen atoms in total. The second kappa shape index (κ2) is 9.45. The standard InChI is InChI=1S/C27H48O5/c1-16(5-4-6-17(14-28)15-29)20-7-8-21-25-22(13-24(32)27(20,21)3)26(2)10-9-19(30)11-18(26)12-23(25)31/h16-25,28-32H,4-15H2,1-3H3/t16?,18-,19-,20?,21?,22?,23?,24+,25?,26?,27?/m1/s1. The molecule has 4 aliphatic rings. The van der Waals surface area contributed by atoms with Gasteiger partial charge in [0, 0.05) is 19.1 Å². The summed E-state index contributed by atoms with van der Waals surface area (Å²) in [6.45, 7) is 7.11. The van der Waals surface area contributed by atoms with E-state index in [2.05, 4.69) is 20.8 Å². The zero-order chi connectivity index (χ0) is 23.3. The predicted octanol–water partition coefficient (Wildman–Crippen LogP) is 3.36. The summed E-state index contributed by atoms with van der Waals surface area (Å²) in [6, 6.07) is 0. The summed E-state index contributed by atoms with van der Waals surface area (Å²) in [5, 5.41) is 52.0. The number of aliphatic hydroxyl groups is 5. The number of hydrogen-bond donors (Lipinski definition) is 5. The first-order chi connectivity index (χ1) is 15.2. The molecule has 11 atom stereocenters. The lowest BCUT2D eigenvalue weighted by Crippen LogP contribution is -2.62. The molecule has 5 heteroatoms. The van der Waals surface area contributed by atoms with Crippen molar-refractivity contribution >= 4 is 0 Å². The maximum atomic E-state index is 11.6. The SMILES string of the molecule is CC(CCCC(CO)CO)C1CCC2C3C(O)C[C@H]4C[C@H](O)CCC4(C)C3C[C@H](O)C12C. The first-order valence-electron chi connectivity index (χ1n) is 13.4. The minimum atomic E-state index is -0.332. The Morgan fingerprint density at radius 2 is 1.59 bits per heavy atom. The molecular formula is C27H48O5. The van der Waals surface area contributed by atoms with Crippen LogP contribution in [0.2, 0.25) is 0 Å². The normalized spacial score (nSPS) is 49.4. The van der Waals surface area contributed by atoms with Gasteiger partial charge in [-0.3, -0.25) is 0 Å². The Balaban J connectivity index is 1.50. The van der Waals surface area contributed by atoms with Crippen LogP contribution in [0.15, 0.2) is 0 Å². The number of rotatable bonds is 7. The van der Waals surface area contributed by atoms with E-state index in [1.165, 1.54) is 0 Å². The van der Waals surface area contributed by atoms with Crippen LogP contribution in [0.1, 0.15) is 85.0 Å². The lowest BCUT2D eigenvalue weighted by molar-refractivity contribution is -0.207. The summed E-state index contributed by atoms with van der Waals surface area (Å²) in [5.74, 6) is 2.27.